The fourth-order valence-electron chi connectivity index (χ4n) is 2.40. The van der Waals surface area contributed by atoms with Gasteiger partial charge in [-0.3, -0.25) is 4.79 Å². The first-order valence-corrected chi connectivity index (χ1v) is 6.74. The predicted molar refractivity (Wildman–Crippen MR) is 75.0 cm³/mol. The molecule has 1 atom stereocenters. The van der Waals surface area contributed by atoms with Crippen molar-refractivity contribution < 1.29 is 4.79 Å². The van der Waals surface area contributed by atoms with E-state index in [1.807, 2.05) is 25.1 Å². The second-order valence-corrected chi connectivity index (χ2v) is 5.33. The molecule has 1 aromatic rings. The minimum atomic E-state index is -0.269. The molecule has 0 aromatic heterocycles. The Morgan fingerprint density at radius 3 is 2.94 bits per heavy atom. The molecule has 0 radical (unpaired) electrons. The van der Waals surface area contributed by atoms with Crippen LogP contribution in [0.15, 0.2) is 18.2 Å². The lowest BCUT2D eigenvalue weighted by molar-refractivity contribution is -0.124. The summed E-state index contributed by atoms with van der Waals surface area (Å²) < 4.78 is 0. The van der Waals surface area contributed by atoms with Crippen LogP contribution in [0.25, 0.3) is 0 Å². The van der Waals surface area contributed by atoms with Gasteiger partial charge in [0.1, 0.15) is 0 Å². The fourth-order valence-corrected chi connectivity index (χ4v) is 2.57. The molecule has 0 saturated carbocycles. The van der Waals surface area contributed by atoms with Crippen LogP contribution in [0, 0.1) is 12.3 Å². The topological polar surface area (TPSA) is 41.1 Å². The van der Waals surface area contributed by atoms with E-state index in [1.165, 1.54) is 0 Å². The van der Waals surface area contributed by atoms with Crippen LogP contribution in [0.4, 0.5) is 5.69 Å². The van der Waals surface area contributed by atoms with Gasteiger partial charge in [-0.2, -0.15) is 0 Å². The number of anilines is 1. The highest BCUT2D eigenvalue weighted by molar-refractivity contribution is 6.31. The molecule has 0 aliphatic carbocycles. The second kappa shape index (κ2) is 5.29. The lowest BCUT2D eigenvalue weighted by Gasteiger charge is -2.25. The van der Waals surface area contributed by atoms with Gasteiger partial charge in [0.05, 0.1) is 5.41 Å². The van der Waals surface area contributed by atoms with Crippen LogP contribution in [0.3, 0.4) is 0 Å². The Labute approximate surface area is 113 Å². The summed E-state index contributed by atoms with van der Waals surface area (Å²) >= 11 is 6.06. The molecular weight excluding hydrogens is 248 g/mol. The Balaban J connectivity index is 2.18. The summed E-state index contributed by atoms with van der Waals surface area (Å²) in [6.45, 7) is 5.66. The molecule has 1 saturated heterocycles. The zero-order valence-electron chi connectivity index (χ0n) is 10.8. The molecule has 1 fully saturated rings. The summed E-state index contributed by atoms with van der Waals surface area (Å²) in [7, 11) is 0. The average molecular weight is 267 g/mol. The SMILES string of the molecule is CCC1(C(=O)Nc2cccc(Cl)c2C)CCNC1. The Morgan fingerprint density at radius 1 is 1.56 bits per heavy atom. The van der Waals surface area contributed by atoms with Gasteiger partial charge in [-0.05, 0) is 44.0 Å². The van der Waals surface area contributed by atoms with Crippen molar-refractivity contribution in [2.24, 2.45) is 5.41 Å². The maximum absolute atomic E-state index is 12.4. The molecule has 3 nitrogen and oxygen atoms in total. The minimum absolute atomic E-state index is 0.0976. The molecule has 1 amide bonds. The standard InChI is InChI=1S/C14H19ClN2O/c1-3-14(7-8-16-9-14)13(18)17-12-6-4-5-11(15)10(12)2/h4-6,16H,3,7-9H2,1-2H3,(H,17,18). The summed E-state index contributed by atoms with van der Waals surface area (Å²) in [5.41, 5.74) is 1.46. The number of halogens is 1. The summed E-state index contributed by atoms with van der Waals surface area (Å²) in [5.74, 6) is 0.0976. The van der Waals surface area contributed by atoms with Crippen molar-refractivity contribution >= 4 is 23.2 Å². The van der Waals surface area contributed by atoms with Crippen molar-refractivity contribution in [3.05, 3.63) is 28.8 Å². The smallest absolute Gasteiger partial charge is 0.231 e. The molecule has 98 valence electrons. The molecule has 1 aliphatic rings. The van der Waals surface area contributed by atoms with E-state index in [1.54, 1.807) is 0 Å². The van der Waals surface area contributed by atoms with E-state index in [-0.39, 0.29) is 11.3 Å². The monoisotopic (exact) mass is 266 g/mol. The van der Waals surface area contributed by atoms with Gasteiger partial charge in [-0.1, -0.05) is 24.6 Å². The number of amides is 1. The summed E-state index contributed by atoms with van der Waals surface area (Å²) in [6.07, 6.45) is 1.75. The molecule has 1 aromatic carbocycles. The van der Waals surface area contributed by atoms with Crippen molar-refractivity contribution in [2.75, 3.05) is 18.4 Å². The first-order chi connectivity index (χ1) is 8.59. The average Bonchev–Trinajstić information content (AvgIpc) is 2.85. The number of rotatable bonds is 3. The van der Waals surface area contributed by atoms with Crippen molar-refractivity contribution in [2.45, 2.75) is 26.7 Å². The van der Waals surface area contributed by atoms with Gasteiger partial charge in [0.15, 0.2) is 0 Å². The highest BCUT2D eigenvalue weighted by atomic mass is 35.5. The molecule has 1 heterocycles. The van der Waals surface area contributed by atoms with Crippen LogP contribution < -0.4 is 10.6 Å². The third kappa shape index (κ3) is 2.38. The first-order valence-electron chi connectivity index (χ1n) is 6.36. The number of hydrogen-bond acceptors (Lipinski definition) is 2. The largest absolute Gasteiger partial charge is 0.325 e. The Bertz CT molecular complexity index is 453. The normalized spacial score (nSPS) is 23.1. The maximum atomic E-state index is 12.4. The molecule has 0 spiro atoms. The van der Waals surface area contributed by atoms with E-state index in [0.29, 0.717) is 5.02 Å². The summed E-state index contributed by atoms with van der Waals surface area (Å²) in [6, 6.07) is 5.58. The van der Waals surface area contributed by atoms with Crippen LogP contribution in [-0.4, -0.2) is 19.0 Å². The van der Waals surface area contributed by atoms with Crippen molar-refractivity contribution in [1.82, 2.24) is 5.32 Å². The third-order valence-electron chi connectivity index (χ3n) is 3.92. The summed E-state index contributed by atoms with van der Waals surface area (Å²) in [5, 5.41) is 6.97. The maximum Gasteiger partial charge on any atom is 0.231 e. The van der Waals surface area contributed by atoms with Crippen LogP contribution in [0.1, 0.15) is 25.3 Å². The minimum Gasteiger partial charge on any atom is -0.325 e. The molecule has 2 rings (SSSR count). The fraction of sp³-hybridized carbons (Fsp3) is 0.500. The van der Waals surface area contributed by atoms with Crippen molar-refractivity contribution in [3.8, 4) is 0 Å². The van der Waals surface area contributed by atoms with Gasteiger partial charge in [0.25, 0.3) is 0 Å². The van der Waals surface area contributed by atoms with Crippen molar-refractivity contribution in [3.63, 3.8) is 0 Å². The molecular formula is C14H19ClN2O. The van der Waals surface area contributed by atoms with Gasteiger partial charge < -0.3 is 10.6 Å². The Hall–Kier alpha value is -1.06. The quantitative estimate of drug-likeness (QED) is 0.883. The van der Waals surface area contributed by atoms with E-state index in [0.717, 1.165) is 37.2 Å². The van der Waals surface area contributed by atoms with Crippen LogP contribution in [0.2, 0.25) is 5.02 Å². The zero-order chi connectivity index (χ0) is 13.2. The van der Waals surface area contributed by atoms with E-state index < -0.39 is 0 Å². The highest BCUT2D eigenvalue weighted by Gasteiger charge is 2.39. The first kappa shape index (κ1) is 13.4. The molecule has 0 bridgehead atoms. The highest BCUT2D eigenvalue weighted by Crippen LogP contribution is 2.32. The predicted octanol–water partition coefficient (Wildman–Crippen LogP) is 2.98. The molecule has 4 heteroatoms. The molecule has 18 heavy (non-hydrogen) atoms. The third-order valence-corrected chi connectivity index (χ3v) is 4.33. The Kier molecular flexibility index (Phi) is 3.93. The van der Waals surface area contributed by atoms with E-state index in [9.17, 15) is 4.79 Å². The molecule has 2 N–H and O–H groups in total. The van der Waals surface area contributed by atoms with Crippen molar-refractivity contribution in [1.29, 1.82) is 0 Å². The van der Waals surface area contributed by atoms with Crippen LogP contribution >= 0.6 is 11.6 Å². The van der Waals surface area contributed by atoms with E-state index in [4.69, 9.17) is 11.6 Å². The number of hydrogen-bond donors (Lipinski definition) is 2. The summed E-state index contributed by atoms with van der Waals surface area (Å²) in [4.78, 5) is 12.4. The number of carbonyl (C=O) groups excluding carboxylic acids is 1. The van der Waals surface area contributed by atoms with Gasteiger partial charge >= 0.3 is 0 Å². The second-order valence-electron chi connectivity index (χ2n) is 4.93. The number of carbonyl (C=O) groups is 1. The van der Waals surface area contributed by atoms with Gasteiger partial charge in [-0.25, -0.2) is 0 Å². The van der Waals surface area contributed by atoms with Crippen LogP contribution in [0.5, 0.6) is 0 Å². The molecule has 1 aliphatic heterocycles. The van der Waals surface area contributed by atoms with Gasteiger partial charge in [0, 0.05) is 17.3 Å². The van der Waals surface area contributed by atoms with E-state index >= 15 is 0 Å². The molecule has 1 unspecified atom stereocenters. The van der Waals surface area contributed by atoms with E-state index in [2.05, 4.69) is 17.6 Å². The number of benzene rings is 1. The lowest BCUT2D eigenvalue weighted by atomic mass is 9.83. The lowest BCUT2D eigenvalue weighted by Crippen LogP contribution is -2.37. The number of nitrogens with one attached hydrogen (secondary N) is 2. The Morgan fingerprint density at radius 2 is 2.33 bits per heavy atom. The van der Waals surface area contributed by atoms with Gasteiger partial charge in [-0.15, -0.1) is 0 Å². The van der Waals surface area contributed by atoms with Gasteiger partial charge in [0.2, 0.25) is 5.91 Å². The van der Waals surface area contributed by atoms with Crippen LogP contribution in [-0.2, 0) is 4.79 Å². The zero-order valence-corrected chi connectivity index (χ0v) is 11.6.